The van der Waals surface area contributed by atoms with Gasteiger partial charge in [-0.05, 0) is 62.4 Å². The molecular formula is C25H34N6. The van der Waals surface area contributed by atoms with E-state index in [1.807, 2.05) is 0 Å². The molecule has 2 heterocycles. The molecule has 31 heavy (non-hydrogen) atoms. The summed E-state index contributed by atoms with van der Waals surface area (Å²) in [6.45, 7) is 13.7. The molecule has 1 saturated heterocycles. The van der Waals surface area contributed by atoms with Crippen molar-refractivity contribution in [2.45, 2.75) is 27.7 Å². The molecule has 0 unspecified atom stereocenters. The number of nitrogens with one attached hydrogen (secondary N) is 2. The maximum Gasteiger partial charge on any atom is 0.224 e. The Morgan fingerprint density at radius 2 is 1.61 bits per heavy atom. The van der Waals surface area contributed by atoms with Crippen molar-refractivity contribution in [1.29, 1.82) is 0 Å². The zero-order chi connectivity index (χ0) is 22.0. The molecule has 2 aliphatic rings. The highest BCUT2D eigenvalue weighted by Crippen LogP contribution is 2.27. The number of guanidine groups is 1. The lowest BCUT2D eigenvalue weighted by Crippen LogP contribution is -2.44. The molecule has 0 amide bonds. The highest BCUT2D eigenvalue weighted by atomic mass is 15.2. The Labute approximate surface area is 186 Å². The first-order valence-electron chi connectivity index (χ1n) is 11.1. The van der Waals surface area contributed by atoms with Crippen LogP contribution in [0.2, 0.25) is 0 Å². The van der Waals surface area contributed by atoms with E-state index in [1.165, 1.54) is 16.8 Å². The molecule has 0 saturated carbocycles. The minimum absolute atomic E-state index is 0.146. The Kier molecular flexibility index (Phi) is 6.01. The molecule has 2 aliphatic heterocycles. The van der Waals surface area contributed by atoms with Gasteiger partial charge in [0.1, 0.15) is 5.84 Å². The molecule has 0 aliphatic carbocycles. The highest BCUT2D eigenvalue weighted by Gasteiger charge is 2.29. The fourth-order valence-corrected chi connectivity index (χ4v) is 3.87. The van der Waals surface area contributed by atoms with E-state index in [4.69, 9.17) is 9.98 Å². The van der Waals surface area contributed by atoms with Gasteiger partial charge in [0.05, 0.1) is 6.54 Å². The number of amidine groups is 1. The van der Waals surface area contributed by atoms with Gasteiger partial charge in [0.15, 0.2) is 0 Å². The van der Waals surface area contributed by atoms with E-state index < -0.39 is 0 Å². The Balaban J connectivity index is 1.47. The van der Waals surface area contributed by atoms with Gasteiger partial charge in [0.2, 0.25) is 5.96 Å². The summed E-state index contributed by atoms with van der Waals surface area (Å²) in [6.07, 6.45) is 0. The molecule has 0 bridgehead atoms. The first-order valence-corrected chi connectivity index (χ1v) is 11.1. The van der Waals surface area contributed by atoms with Crippen molar-refractivity contribution < 1.29 is 0 Å². The molecular weight excluding hydrogens is 384 g/mol. The van der Waals surface area contributed by atoms with Crippen LogP contribution in [-0.4, -0.2) is 56.5 Å². The summed E-state index contributed by atoms with van der Waals surface area (Å²) in [5.74, 6) is 1.59. The van der Waals surface area contributed by atoms with Gasteiger partial charge in [0, 0.05) is 48.7 Å². The zero-order valence-electron chi connectivity index (χ0n) is 19.4. The predicted molar refractivity (Wildman–Crippen MR) is 133 cm³/mol. The third-order valence-electron chi connectivity index (χ3n) is 6.33. The molecule has 0 radical (unpaired) electrons. The van der Waals surface area contributed by atoms with Gasteiger partial charge < -0.3 is 20.4 Å². The minimum atomic E-state index is -0.146. The SMILES string of the molecule is Cc1cccc(NC2=NC(Nc3ccc(N4CCN(C)CC4)cc3)=NCC2(C)C)c1C. The maximum atomic E-state index is 4.85. The molecule has 0 atom stereocenters. The number of hydrogen-bond donors (Lipinski definition) is 2. The van der Waals surface area contributed by atoms with E-state index in [0.717, 1.165) is 43.4 Å². The lowest BCUT2D eigenvalue weighted by Gasteiger charge is -2.34. The monoisotopic (exact) mass is 418 g/mol. The fraction of sp³-hybridized carbons (Fsp3) is 0.440. The maximum absolute atomic E-state index is 4.85. The van der Waals surface area contributed by atoms with Gasteiger partial charge in [-0.1, -0.05) is 26.0 Å². The van der Waals surface area contributed by atoms with Crippen LogP contribution < -0.4 is 15.5 Å². The summed E-state index contributed by atoms with van der Waals surface area (Å²) < 4.78 is 0. The van der Waals surface area contributed by atoms with Crippen molar-refractivity contribution >= 4 is 28.9 Å². The summed E-state index contributed by atoms with van der Waals surface area (Å²) in [5, 5.41) is 6.96. The van der Waals surface area contributed by atoms with Crippen molar-refractivity contribution in [3.63, 3.8) is 0 Å². The summed E-state index contributed by atoms with van der Waals surface area (Å²) in [6, 6.07) is 14.9. The van der Waals surface area contributed by atoms with Gasteiger partial charge in [-0.3, -0.25) is 0 Å². The van der Waals surface area contributed by atoms with Crippen LogP contribution in [0, 0.1) is 19.3 Å². The standard InChI is InChI=1S/C25H34N6/c1-18-7-6-8-22(19(18)2)28-23-25(3,4)17-26-24(29-23)27-20-9-11-21(12-10-20)31-15-13-30(5)14-16-31/h6-12H,13-17H2,1-5H3,(H2,26,27,28,29). The predicted octanol–water partition coefficient (Wildman–Crippen LogP) is 4.37. The smallest absolute Gasteiger partial charge is 0.224 e. The molecule has 2 aromatic carbocycles. The van der Waals surface area contributed by atoms with Crippen molar-refractivity contribution in [2.75, 3.05) is 55.3 Å². The summed E-state index contributed by atoms with van der Waals surface area (Å²) >= 11 is 0. The second kappa shape index (κ2) is 8.71. The van der Waals surface area contributed by atoms with Gasteiger partial charge >= 0.3 is 0 Å². The number of piperazine rings is 1. The topological polar surface area (TPSA) is 55.3 Å². The van der Waals surface area contributed by atoms with Crippen LogP contribution in [0.5, 0.6) is 0 Å². The molecule has 1 fully saturated rings. The van der Waals surface area contributed by atoms with Crippen LogP contribution >= 0.6 is 0 Å². The number of rotatable bonds is 3. The summed E-state index contributed by atoms with van der Waals surface area (Å²) in [4.78, 5) is 14.3. The second-order valence-electron chi connectivity index (χ2n) is 9.32. The van der Waals surface area contributed by atoms with Crippen LogP contribution in [0.25, 0.3) is 0 Å². The number of benzene rings is 2. The van der Waals surface area contributed by atoms with Crippen LogP contribution in [-0.2, 0) is 0 Å². The number of nitrogens with zero attached hydrogens (tertiary/aromatic N) is 4. The van der Waals surface area contributed by atoms with E-state index >= 15 is 0 Å². The molecule has 0 aromatic heterocycles. The highest BCUT2D eigenvalue weighted by molar-refractivity contribution is 6.11. The number of anilines is 3. The van der Waals surface area contributed by atoms with E-state index in [0.29, 0.717) is 12.5 Å². The van der Waals surface area contributed by atoms with Gasteiger partial charge in [-0.2, -0.15) is 4.99 Å². The van der Waals surface area contributed by atoms with E-state index in [9.17, 15) is 0 Å². The van der Waals surface area contributed by atoms with Crippen LogP contribution in [0.15, 0.2) is 52.4 Å². The molecule has 6 nitrogen and oxygen atoms in total. The molecule has 164 valence electrons. The van der Waals surface area contributed by atoms with E-state index in [-0.39, 0.29) is 5.41 Å². The Bertz CT molecular complexity index is 982. The van der Waals surface area contributed by atoms with Crippen molar-refractivity contribution in [3.8, 4) is 0 Å². The molecule has 2 aromatic rings. The number of likely N-dealkylation sites (N-methyl/N-ethyl adjacent to an activating group) is 1. The van der Waals surface area contributed by atoms with Crippen LogP contribution in [0.4, 0.5) is 17.1 Å². The van der Waals surface area contributed by atoms with Crippen LogP contribution in [0.1, 0.15) is 25.0 Å². The Morgan fingerprint density at radius 3 is 2.32 bits per heavy atom. The van der Waals surface area contributed by atoms with Crippen molar-refractivity contribution in [2.24, 2.45) is 15.4 Å². The first-order chi connectivity index (χ1) is 14.8. The number of aryl methyl sites for hydroxylation is 1. The van der Waals surface area contributed by atoms with Crippen LogP contribution in [0.3, 0.4) is 0 Å². The molecule has 4 rings (SSSR count). The molecule has 0 spiro atoms. The average molecular weight is 419 g/mol. The minimum Gasteiger partial charge on any atom is -0.369 e. The summed E-state index contributed by atoms with van der Waals surface area (Å²) in [5.41, 5.74) is 5.75. The average Bonchev–Trinajstić information content (AvgIpc) is 2.75. The number of hydrogen-bond acceptors (Lipinski definition) is 6. The van der Waals surface area contributed by atoms with Crippen molar-refractivity contribution in [1.82, 2.24) is 4.90 Å². The summed E-state index contributed by atoms with van der Waals surface area (Å²) in [7, 11) is 2.18. The third-order valence-corrected chi connectivity index (χ3v) is 6.33. The number of aliphatic imine (C=N–C) groups is 2. The molecule has 2 N–H and O–H groups in total. The Hall–Kier alpha value is -2.86. The van der Waals surface area contributed by atoms with E-state index in [1.54, 1.807) is 0 Å². The largest absolute Gasteiger partial charge is 0.369 e. The zero-order valence-corrected chi connectivity index (χ0v) is 19.4. The lowest BCUT2D eigenvalue weighted by molar-refractivity contribution is 0.313. The van der Waals surface area contributed by atoms with E-state index in [2.05, 4.69) is 97.6 Å². The van der Waals surface area contributed by atoms with Gasteiger partial charge in [-0.15, -0.1) is 0 Å². The quantitative estimate of drug-likeness (QED) is 0.777. The normalized spacial score (nSPS) is 18.9. The van der Waals surface area contributed by atoms with Gasteiger partial charge in [-0.25, -0.2) is 4.99 Å². The van der Waals surface area contributed by atoms with Gasteiger partial charge in [0.25, 0.3) is 0 Å². The third kappa shape index (κ3) is 4.90. The van der Waals surface area contributed by atoms with Crippen molar-refractivity contribution in [3.05, 3.63) is 53.6 Å². The molecule has 6 heteroatoms. The first kappa shape index (κ1) is 21.4. The second-order valence-corrected chi connectivity index (χ2v) is 9.32. The fourth-order valence-electron chi connectivity index (χ4n) is 3.87. The Morgan fingerprint density at radius 1 is 0.903 bits per heavy atom. The lowest BCUT2D eigenvalue weighted by atomic mass is 9.90.